The standard InChI is InChI=1S/C24H26N2O4S/c1-17(2)19-6-4-18(5-7-19)16-26(21-10-12-22(30-3)13-11-21)31(28,29)23-14-8-20(9-15-23)24(25)27/h4-15,17H,16H2,1-3H3,(H2,25,27). The number of carbonyl (C=O) groups excluding carboxylic acids is 1. The Kier molecular flexibility index (Phi) is 6.65. The summed E-state index contributed by atoms with van der Waals surface area (Å²) in [6.45, 7) is 4.38. The number of amides is 1. The maximum Gasteiger partial charge on any atom is 0.264 e. The third kappa shape index (κ3) is 5.06. The van der Waals surface area contributed by atoms with E-state index in [9.17, 15) is 13.2 Å². The van der Waals surface area contributed by atoms with Crippen molar-refractivity contribution in [3.05, 3.63) is 89.5 Å². The summed E-state index contributed by atoms with van der Waals surface area (Å²) in [5.41, 5.74) is 8.08. The lowest BCUT2D eigenvalue weighted by Gasteiger charge is -2.25. The molecule has 6 nitrogen and oxygen atoms in total. The summed E-state index contributed by atoms with van der Waals surface area (Å²) in [6.07, 6.45) is 0. The Hall–Kier alpha value is -3.32. The molecule has 3 aromatic rings. The van der Waals surface area contributed by atoms with Gasteiger partial charge in [-0.05, 0) is 65.6 Å². The number of methoxy groups -OCH3 is 1. The van der Waals surface area contributed by atoms with Gasteiger partial charge in [0, 0.05) is 5.56 Å². The summed E-state index contributed by atoms with van der Waals surface area (Å²) in [5.74, 6) is 0.411. The van der Waals surface area contributed by atoms with Crippen molar-refractivity contribution in [2.45, 2.75) is 31.2 Å². The second kappa shape index (κ2) is 9.22. The van der Waals surface area contributed by atoms with Gasteiger partial charge in [-0.25, -0.2) is 8.42 Å². The Balaban J connectivity index is 2.02. The molecule has 0 atom stereocenters. The second-order valence-corrected chi connectivity index (χ2v) is 9.36. The first kappa shape index (κ1) is 22.4. The topological polar surface area (TPSA) is 89.7 Å². The Morgan fingerprint density at radius 2 is 1.52 bits per heavy atom. The molecule has 7 heteroatoms. The first-order chi connectivity index (χ1) is 14.7. The minimum Gasteiger partial charge on any atom is -0.497 e. The van der Waals surface area contributed by atoms with E-state index in [-0.39, 0.29) is 17.0 Å². The molecule has 0 aliphatic heterocycles. The highest BCUT2D eigenvalue weighted by Crippen LogP contribution is 2.28. The van der Waals surface area contributed by atoms with Gasteiger partial charge in [-0.2, -0.15) is 0 Å². The minimum atomic E-state index is -3.90. The van der Waals surface area contributed by atoms with Crippen LogP contribution in [0.5, 0.6) is 5.75 Å². The molecule has 0 heterocycles. The summed E-state index contributed by atoms with van der Waals surface area (Å²) in [4.78, 5) is 11.4. The minimum absolute atomic E-state index is 0.0760. The molecule has 3 rings (SSSR count). The summed E-state index contributed by atoms with van der Waals surface area (Å²) in [5, 5.41) is 0. The van der Waals surface area contributed by atoms with Crippen molar-refractivity contribution in [2.75, 3.05) is 11.4 Å². The zero-order valence-electron chi connectivity index (χ0n) is 17.8. The number of carbonyl (C=O) groups is 1. The molecule has 1 amide bonds. The number of ether oxygens (including phenoxy) is 1. The smallest absolute Gasteiger partial charge is 0.264 e. The fourth-order valence-corrected chi connectivity index (χ4v) is 4.61. The first-order valence-electron chi connectivity index (χ1n) is 9.88. The molecule has 0 unspecified atom stereocenters. The molecule has 3 aromatic carbocycles. The van der Waals surface area contributed by atoms with E-state index in [4.69, 9.17) is 10.5 Å². The fraction of sp³-hybridized carbons (Fsp3) is 0.208. The highest BCUT2D eigenvalue weighted by atomic mass is 32.2. The molecule has 0 aliphatic rings. The Labute approximate surface area is 183 Å². The molecule has 0 spiro atoms. The van der Waals surface area contributed by atoms with Crippen molar-refractivity contribution in [2.24, 2.45) is 5.73 Å². The van der Waals surface area contributed by atoms with E-state index in [1.165, 1.54) is 34.1 Å². The Bertz CT molecular complexity index is 1140. The van der Waals surface area contributed by atoms with E-state index in [1.54, 1.807) is 31.4 Å². The maximum atomic E-state index is 13.5. The number of sulfonamides is 1. The quantitative estimate of drug-likeness (QED) is 0.567. The maximum absolute atomic E-state index is 13.5. The number of nitrogens with zero attached hydrogens (tertiary/aromatic N) is 1. The molecule has 31 heavy (non-hydrogen) atoms. The second-order valence-electron chi connectivity index (χ2n) is 7.49. The molecule has 2 N–H and O–H groups in total. The van der Waals surface area contributed by atoms with Gasteiger partial charge >= 0.3 is 0 Å². The summed E-state index contributed by atoms with van der Waals surface area (Å²) in [6, 6.07) is 20.4. The van der Waals surface area contributed by atoms with Gasteiger partial charge in [0.05, 0.1) is 24.2 Å². The average molecular weight is 439 g/mol. The lowest BCUT2D eigenvalue weighted by Crippen LogP contribution is -2.30. The molecule has 0 radical (unpaired) electrons. The van der Waals surface area contributed by atoms with Gasteiger partial charge < -0.3 is 10.5 Å². The molecular weight excluding hydrogens is 412 g/mol. The number of primary amides is 1. The van der Waals surface area contributed by atoms with Crippen LogP contribution in [0.15, 0.2) is 77.7 Å². The van der Waals surface area contributed by atoms with Gasteiger partial charge in [-0.3, -0.25) is 9.10 Å². The van der Waals surface area contributed by atoms with Crippen LogP contribution in [0.4, 0.5) is 5.69 Å². The summed E-state index contributed by atoms with van der Waals surface area (Å²) < 4.78 is 33.6. The van der Waals surface area contributed by atoms with Crippen molar-refractivity contribution in [1.82, 2.24) is 0 Å². The third-order valence-electron chi connectivity index (χ3n) is 5.06. The number of hydrogen-bond donors (Lipinski definition) is 1. The van der Waals surface area contributed by atoms with Gasteiger partial charge in [-0.15, -0.1) is 0 Å². The number of benzene rings is 3. The average Bonchev–Trinajstić information content (AvgIpc) is 2.77. The molecule has 0 saturated heterocycles. The van der Waals surface area contributed by atoms with Gasteiger partial charge in [0.2, 0.25) is 5.91 Å². The van der Waals surface area contributed by atoms with Gasteiger partial charge in [-0.1, -0.05) is 38.1 Å². The number of anilines is 1. The fourth-order valence-electron chi connectivity index (χ4n) is 3.16. The normalized spacial score (nSPS) is 11.4. The van der Waals surface area contributed by atoms with Crippen LogP contribution >= 0.6 is 0 Å². The number of hydrogen-bond acceptors (Lipinski definition) is 4. The van der Waals surface area contributed by atoms with E-state index in [2.05, 4.69) is 13.8 Å². The SMILES string of the molecule is COc1ccc(N(Cc2ccc(C(C)C)cc2)S(=O)(=O)c2ccc(C(N)=O)cc2)cc1. The predicted molar refractivity (Wildman–Crippen MR) is 122 cm³/mol. The molecule has 0 aliphatic carbocycles. The van der Waals surface area contributed by atoms with E-state index in [1.807, 2.05) is 24.3 Å². The van der Waals surface area contributed by atoms with E-state index in [0.29, 0.717) is 17.4 Å². The van der Waals surface area contributed by atoms with Crippen molar-refractivity contribution >= 4 is 21.6 Å². The summed E-state index contributed by atoms with van der Waals surface area (Å²) >= 11 is 0. The molecule has 0 bridgehead atoms. The molecular formula is C24H26N2O4S. The van der Waals surface area contributed by atoms with Crippen molar-refractivity contribution < 1.29 is 17.9 Å². The Morgan fingerprint density at radius 1 is 0.935 bits per heavy atom. The van der Waals surface area contributed by atoms with E-state index < -0.39 is 15.9 Å². The zero-order valence-corrected chi connectivity index (χ0v) is 18.6. The molecule has 0 fully saturated rings. The molecule has 0 saturated carbocycles. The Morgan fingerprint density at radius 3 is 2.00 bits per heavy atom. The van der Waals surface area contributed by atoms with Gasteiger partial charge in [0.15, 0.2) is 0 Å². The molecule has 0 aromatic heterocycles. The van der Waals surface area contributed by atoms with Crippen LogP contribution in [-0.4, -0.2) is 21.4 Å². The zero-order chi connectivity index (χ0) is 22.6. The van der Waals surface area contributed by atoms with Crippen molar-refractivity contribution in [3.8, 4) is 5.75 Å². The van der Waals surface area contributed by atoms with Gasteiger partial charge in [0.25, 0.3) is 10.0 Å². The van der Waals surface area contributed by atoms with Crippen LogP contribution in [0.1, 0.15) is 41.3 Å². The lowest BCUT2D eigenvalue weighted by atomic mass is 10.0. The van der Waals surface area contributed by atoms with Crippen LogP contribution < -0.4 is 14.8 Å². The van der Waals surface area contributed by atoms with Crippen LogP contribution in [0, 0.1) is 0 Å². The van der Waals surface area contributed by atoms with Crippen molar-refractivity contribution in [3.63, 3.8) is 0 Å². The number of nitrogens with two attached hydrogens (primary N) is 1. The highest BCUT2D eigenvalue weighted by molar-refractivity contribution is 7.92. The monoisotopic (exact) mass is 438 g/mol. The van der Waals surface area contributed by atoms with E-state index >= 15 is 0 Å². The van der Waals surface area contributed by atoms with Crippen molar-refractivity contribution in [1.29, 1.82) is 0 Å². The van der Waals surface area contributed by atoms with Crippen LogP contribution in [-0.2, 0) is 16.6 Å². The number of rotatable bonds is 8. The van der Waals surface area contributed by atoms with Crippen LogP contribution in [0.25, 0.3) is 0 Å². The summed E-state index contributed by atoms with van der Waals surface area (Å²) in [7, 11) is -2.34. The molecule has 162 valence electrons. The van der Waals surface area contributed by atoms with Crippen LogP contribution in [0.3, 0.4) is 0 Å². The first-order valence-corrected chi connectivity index (χ1v) is 11.3. The predicted octanol–water partition coefficient (Wildman–Crippen LogP) is 4.31. The highest BCUT2D eigenvalue weighted by Gasteiger charge is 2.25. The van der Waals surface area contributed by atoms with Crippen LogP contribution in [0.2, 0.25) is 0 Å². The largest absolute Gasteiger partial charge is 0.497 e. The third-order valence-corrected chi connectivity index (χ3v) is 6.85. The van der Waals surface area contributed by atoms with Gasteiger partial charge in [0.1, 0.15) is 5.75 Å². The van der Waals surface area contributed by atoms with E-state index in [0.717, 1.165) is 5.56 Å². The lowest BCUT2D eigenvalue weighted by molar-refractivity contribution is 0.1000.